The van der Waals surface area contributed by atoms with Crippen molar-refractivity contribution in [1.29, 1.82) is 0 Å². The summed E-state index contributed by atoms with van der Waals surface area (Å²) in [6.45, 7) is 0. The molecule has 36 heavy (non-hydrogen) atoms. The molecule has 0 aliphatic heterocycles. The molecule has 6 nitrogen and oxygen atoms in total. The number of aromatic nitrogens is 2. The highest BCUT2D eigenvalue weighted by molar-refractivity contribution is 9.10. The van der Waals surface area contributed by atoms with Crippen LogP contribution < -0.4 is 10.6 Å². The van der Waals surface area contributed by atoms with Crippen molar-refractivity contribution in [3.8, 4) is 10.6 Å². The monoisotopic (exact) mass is 574 g/mol. The summed E-state index contributed by atoms with van der Waals surface area (Å²) in [5.74, 6) is -1.37. The largest absolute Gasteiger partial charge is 0.416 e. The van der Waals surface area contributed by atoms with E-state index in [1.165, 1.54) is 6.07 Å². The van der Waals surface area contributed by atoms with Gasteiger partial charge >= 0.3 is 6.18 Å². The van der Waals surface area contributed by atoms with E-state index in [0.717, 1.165) is 45.1 Å². The van der Waals surface area contributed by atoms with Gasteiger partial charge in [0.05, 0.1) is 5.56 Å². The predicted molar refractivity (Wildman–Crippen MR) is 135 cm³/mol. The first kappa shape index (κ1) is 25.5. The third-order valence-corrected chi connectivity index (χ3v) is 6.46. The van der Waals surface area contributed by atoms with Crippen LogP contribution in [0.25, 0.3) is 10.6 Å². The van der Waals surface area contributed by atoms with Gasteiger partial charge in [-0.3, -0.25) is 14.9 Å². The van der Waals surface area contributed by atoms with E-state index < -0.39 is 29.6 Å². The molecule has 0 radical (unpaired) electrons. The number of benzene rings is 3. The Kier molecular flexibility index (Phi) is 7.80. The molecule has 2 N–H and O–H groups in total. The molecule has 184 valence electrons. The molecule has 3 aromatic carbocycles. The van der Waals surface area contributed by atoms with Gasteiger partial charge < -0.3 is 5.32 Å². The lowest BCUT2D eigenvalue weighted by Gasteiger charge is -2.18. The normalized spacial score (nSPS) is 12.1. The van der Waals surface area contributed by atoms with E-state index in [4.69, 9.17) is 0 Å². The zero-order chi connectivity index (χ0) is 25.7. The fourth-order valence-electron chi connectivity index (χ4n) is 3.34. The molecule has 1 aromatic heterocycles. The maximum Gasteiger partial charge on any atom is 0.416 e. The van der Waals surface area contributed by atoms with Gasteiger partial charge in [-0.1, -0.05) is 75.8 Å². The van der Waals surface area contributed by atoms with Gasteiger partial charge in [0.15, 0.2) is 0 Å². The first-order chi connectivity index (χ1) is 17.2. The van der Waals surface area contributed by atoms with Gasteiger partial charge in [-0.05, 0) is 35.9 Å². The minimum Gasteiger partial charge on any atom is -0.340 e. The molecule has 0 bridgehead atoms. The third-order valence-electron chi connectivity index (χ3n) is 5.08. The molecule has 2 amide bonds. The summed E-state index contributed by atoms with van der Waals surface area (Å²) in [5, 5.41) is 14.1. The molecule has 0 spiro atoms. The highest BCUT2D eigenvalue weighted by Crippen LogP contribution is 2.30. The predicted octanol–water partition coefficient (Wildman–Crippen LogP) is 5.97. The van der Waals surface area contributed by atoms with Crippen LogP contribution in [0, 0.1) is 0 Å². The first-order valence-corrected chi connectivity index (χ1v) is 12.2. The topological polar surface area (TPSA) is 84.0 Å². The Balaban J connectivity index is 1.54. The average Bonchev–Trinajstić information content (AvgIpc) is 3.32. The number of rotatable bonds is 7. The summed E-state index contributed by atoms with van der Waals surface area (Å²) in [6, 6.07) is 19.3. The van der Waals surface area contributed by atoms with Gasteiger partial charge in [0.25, 0.3) is 5.91 Å². The van der Waals surface area contributed by atoms with Crippen molar-refractivity contribution in [2.24, 2.45) is 0 Å². The molecule has 1 heterocycles. The third kappa shape index (κ3) is 6.55. The van der Waals surface area contributed by atoms with Crippen molar-refractivity contribution in [2.45, 2.75) is 18.6 Å². The molecule has 0 aliphatic rings. The molecule has 4 rings (SSSR count). The lowest BCUT2D eigenvalue weighted by molar-refractivity contribution is -0.137. The Labute approximate surface area is 216 Å². The zero-order valence-electron chi connectivity index (χ0n) is 18.4. The second-order valence-electron chi connectivity index (χ2n) is 7.71. The van der Waals surface area contributed by atoms with Crippen LogP contribution in [0.1, 0.15) is 21.5 Å². The van der Waals surface area contributed by atoms with E-state index in [1.54, 1.807) is 24.3 Å². The highest BCUT2D eigenvalue weighted by atomic mass is 79.9. The number of nitrogens with zero attached hydrogens (tertiary/aromatic N) is 2. The number of carbonyl (C=O) groups is 2. The van der Waals surface area contributed by atoms with Gasteiger partial charge in [0.1, 0.15) is 11.0 Å². The van der Waals surface area contributed by atoms with Gasteiger partial charge in [-0.2, -0.15) is 13.2 Å². The standard InChI is InChI=1S/C25H18BrF3N4O2S/c26-19-11-5-9-17(14-19)23-32-33-24(36-23)31-22(35)20(12-15-6-2-1-3-7-15)30-21(34)16-8-4-10-18(13-16)25(27,28)29/h1-11,13-14,20H,12H2,(H,30,34)(H,31,33,35). The fourth-order valence-corrected chi connectivity index (χ4v) is 4.48. The first-order valence-electron chi connectivity index (χ1n) is 10.6. The molecule has 1 atom stereocenters. The van der Waals surface area contributed by atoms with Crippen molar-refractivity contribution < 1.29 is 22.8 Å². The number of alkyl halides is 3. The summed E-state index contributed by atoms with van der Waals surface area (Å²) in [5.41, 5.74) is 0.409. The van der Waals surface area contributed by atoms with Crippen molar-refractivity contribution in [3.63, 3.8) is 0 Å². The van der Waals surface area contributed by atoms with Crippen LogP contribution in [0.4, 0.5) is 18.3 Å². The summed E-state index contributed by atoms with van der Waals surface area (Å²) in [4.78, 5) is 25.9. The molecule has 0 saturated carbocycles. The zero-order valence-corrected chi connectivity index (χ0v) is 20.8. The number of halogens is 4. The SMILES string of the molecule is O=C(NC(Cc1ccccc1)C(=O)Nc1nnc(-c2cccc(Br)c2)s1)c1cccc(C(F)(F)F)c1. The molecule has 11 heteroatoms. The summed E-state index contributed by atoms with van der Waals surface area (Å²) < 4.78 is 40.1. The van der Waals surface area contributed by atoms with Crippen molar-refractivity contribution >= 4 is 44.2 Å². The van der Waals surface area contributed by atoms with E-state index in [9.17, 15) is 22.8 Å². The smallest absolute Gasteiger partial charge is 0.340 e. The minimum atomic E-state index is -4.60. The Morgan fingerprint density at radius 3 is 2.42 bits per heavy atom. The van der Waals surface area contributed by atoms with Gasteiger partial charge in [-0.15, -0.1) is 10.2 Å². The summed E-state index contributed by atoms with van der Waals surface area (Å²) >= 11 is 4.55. The molecule has 0 saturated heterocycles. The van der Waals surface area contributed by atoms with Gasteiger partial charge in [0.2, 0.25) is 11.0 Å². The van der Waals surface area contributed by atoms with E-state index in [2.05, 4.69) is 36.8 Å². The molecule has 0 fully saturated rings. The number of amides is 2. The summed E-state index contributed by atoms with van der Waals surface area (Å²) in [7, 11) is 0. The number of hydrogen-bond donors (Lipinski definition) is 2. The van der Waals surface area contributed by atoms with Crippen molar-refractivity contribution in [1.82, 2.24) is 15.5 Å². The average molecular weight is 575 g/mol. The van der Waals surface area contributed by atoms with E-state index >= 15 is 0 Å². The molecule has 4 aromatic rings. The number of hydrogen-bond acceptors (Lipinski definition) is 5. The number of nitrogens with one attached hydrogen (secondary N) is 2. The Hall–Kier alpha value is -3.57. The van der Waals surface area contributed by atoms with Crippen LogP contribution in [0.5, 0.6) is 0 Å². The van der Waals surface area contributed by atoms with Crippen LogP contribution >= 0.6 is 27.3 Å². The highest BCUT2D eigenvalue weighted by Gasteiger charge is 2.31. The van der Waals surface area contributed by atoms with Crippen molar-refractivity contribution in [2.75, 3.05) is 5.32 Å². The molecule has 1 unspecified atom stereocenters. The Bertz CT molecular complexity index is 1380. The van der Waals surface area contributed by atoms with Crippen LogP contribution in [0.3, 0.4) is 0 Å². The number of carbonyl (C=O) groups excluding carboxylic acids is 2. The Morgan fingerprint density at radius 1 is 0.944 bits per heavy atom. The number of anilines is 1. The molecular weight excluding hydrogens is 557 g/mol. The van der Waals surface area contributed by atoms with Crippen LogP contribution in [0.15, 0.2) is 83.3 Å². The minimum absolute atomic E-state index is 0.120. The lowest BCUT2D eigenvalue weighted by atomic mass is 10.0. The quantitative estimate of drug-likeness (QED) is 0.285. The van der Waals surface area contributed by atoms with Gasteiger partial charge in [-0.25, -0.2) is 0 Å². The fraction of sp³-hybridized carbons (Fsp3) is 0.120. The molecule has 0 aliphatic carbocycles. The van der Waals surface area contributed by atoms with Crippen LogP contribution in [-0.4, -0.2) is 28.1 Å². The van der Waals surface area contributed by atoms with Gasteiger partial charge in [0, 0.05) is 22.0 Å². The van der Waals surface area contributed by atoms with E-state index in [1.807, 2.05) is 30.3 Å². The van der Waals surface area contributed by atoms with Crippen LogP contribution in [0.2, 0.25) is 0 Å². The lowest BCUT2D eigenvalue weighted by Crippen LogP contribution is -2.45. The second kappa shape index (κ2) is 11.0. The summed E-state index contributed by atoms with van der Waals surface area (Å²) in [6.07, 6.45) is -4.48. The second-order valence-corrected chi connectivity index (χ2v) is 9.60. The maximum atomic E-state index is 13.1. The Morgan fingerprint density at radius 2 is 1.69 bits per heavy atom. The van der Waals surface area contributed by atoms with Crippen LogP contribution in [-0.2, 0) is 17.4 Å². The molecular formula is C25H18BrF3N4O2S. The van der Waals surface area contributed by atoms with E-state index in [0.29, 0.717) is 5.01 Å². The maximum absolute atomic E-state index is 13.1. The van der Waals surface area contributed by atoms with E-state index in [-0.39, 0.29) is 17.1 Å². The van der Waals surface area contributed by atoms with Crippen molar-refractivity contribution in [3.05, 3.63) is 100 Å².